The van der Waals surface area contributed by atoms with Crippen molar-refractivity contribution in [2.45, 2.75) is 44.8 Å². The molecule has 0 bridgehead atoms. The molecule has 6 heteroatoms. The molecule has 2 N–H and O–H groups in total. The lowest BCUT2D eigenvalue weighted by Crippen LogP contribution is -2.38. The zero-order valence-corrected chi connectivity index (χ0v) is 16.8. The normalized spacial score (nSPS) is 14.3. The third kappa shape index (κ3) is 4.15. The molecule has 0 unspecified atom stereocenters. The second kappa shape index (κ2) is 8.83. The molecular formula is C21H24ClN3OS. The van der Waals surface area contributed by atoms with Gasteiger partial charge in [0.05, 0.1) is 0 Å². The Balaban J connectivity index is 0.00000210. The highest BCUT2D eigenvalue weighted by atomic mass is 35.5. The van der Waals surface area contributed by atoms with Gasteiger partial charge >= 0.3 is 0 Å². The number of halogens is 1. The van der Waals surface area contributed by atoms with E-state index in [-0.39, 0.29) is 18.3 Å². The Labute approximate surface area is 169 Å². The van der Waals surface area contributed by atoms with Gasteiger partial charge in [-0.2, -0.15) is 0 Å². The Bertz CT molecular complexity index is 915. The highest BCUT2D eigenvalue weighted by Crippen LogP contribution is 2.29. The Kier molecular flexibility index (Phi) is 6.47. The highest BCUT2D eigenvalue weighted by molar-refractivity contribution is 7.09. The number of hydrogen-bond acceptors (Lipinski definition) is 4. The van der Waals surface area contributed by atoms with Crippen LogP contribution in [0.5, 0.6) is 0 Å². The number of carbonyl (C=O) groups is 1. The monoisotopic (exact) mass is 401 g/mol. The molecule has 0 atom stereocenters. The zero-order chi connectivity index (χ0) is 17.9. The molecule has 1 saturated carbocycles. The summed E-state index contributed by atoms with van der Waals surface area (Å²) in [5.41, 5.74) is 7.39. The van der Waals surface area contributed by atoms with E-state index in [1.807, 2.05) is 10.3 Å². The van der Waals surface area contributed by atoms with Crippen molar-refractivity contribution in [3.8, 4) is 0 Å². The number of fused-ring (bicyclic) bond motifs is 1. The van der Waals surface area contributed by atoms with Gasteiger partial charge in [0.1, 0.15) is 10.7 Å². The van der Waals surface area contributed by atoms with Gasteiger partial charge in [0, 0.05) is 24.5 Å². The average molecular weight is 402 g/mol. The van der Waals surface area contributed by atoms with Crippen LogP contribution in [0.3, 0.4) is 0 Å². The van der Waals surface area contributed by atoms with E-state index in [9.17, 15) is 4.79 Å². The molecule has 0 aliphatic heterocycles. The number of carbonyl (C=O) groups excluding carboxylic acids is 1. The molecule has 4 nitrogen and oxygen atoms in total. The number of hydrogen-bond donors (Lipinski definition) is 1. The molecular weight excluding hydrogens is 378 g/mol. The number of thiazole rings is 1. The van der Waals surface area contributed by atoms with Crippen molar-refractivity contribution in [2.24, 2.45) is 5.73 Å². The van der Waals surface area contributed by atoms with Crippen LogP contribution in [0.25, 0.3) is 10.8 Å². The van der Waals surface area contributed by atoms with Crippen LogP contribution >= 0.6 is 23.7 Å². The Morgan fingerprint density at radius 1 is 1.15 bits per heavy atom. The minimum atomic E-state index is 0. The number of nitrogens with two attached hydrogens (primary N) is 1. The summed E-state index contributed by atoms with van der Waals surface area (Å²) in [4.78, 5) is 19.7. The van der Waals surface area contributed by atoms with Crippen molar-refractivity contribution < 1.29 is 4.79 Å². The van der Waals surface area contributed by atoms with E-state index in [1.54, 1.807) is 0 Å². The minimum Gasteiger partial charge on any atom is -0.330 e. The van der Waals surface area contributed by atoms with Gasteiger partial charge in [-0.1, -0.05) is 55.3 Å². The summed E-state index contributed by atoms with van der Waals surface area (Å²) in [5, 5.41) is 5.08. The van der Waals surface area contributed by atoms with Gasteiger partial charge in [-0.05, 0) is 29.2 Å². The summed E-state index contributed by atoms with van der Waals surface area (Å²) in [6.45, 7) is 1.00. The first kappa shape index (κ1) is 19.8. The van der Waals surface area contributed by atoms with Crippen molar-refractivity contribution in [1.82, 2.24) is 9.88 Å². The molecule has 27 heavy (non-hydrogen) atoms. The van der Waals surface area contributed by atoms with Crippen LogP contribution in [-0.2, 0) is 13.1 Å². The summed E-state index contributed by atoms with van der Waals surface area (Å²) in [5.74, 6) is 0.0285. The largest absolute Gasteiger partial charge is 0.330 e. The second-order valence-electron chi connectivity index (χ2n) is 6.84. The quantitative estimate of drug-likeness (QED) is 0.670. The summed E-state index contributed by atoms with van der Waals surface area (Å²) in [7, 11) is 0. The van der Waals surface area contributed by atoms with E-state index in [4.69, 9.17) is 5.73 Å². The third-order valence-corrected chi connectivity index (χ3v) is 6.06. The molecule has 2 aromatic carbocycles. The molecule has 1 amide bonds. The fraction of sp³-hybridized carbons (Fsp3) is 0.333. The number of benzene rings is 2. The van der Waals surface area contributed by atoms with E-state index in [0.717, 1.165) is 17.8 Å². The van der Waals surface area contributed by atoms with Gasteiger partial charge in [0.2, 0.25) is 0 Å². The van der Waals surface area contributed by atoms with Crippen LogP contribution in [-0.4, -0.2) is 21.8 Å². The summed E-state index contributed by atoms with van der Waals surface area (Å²) in [6, 6.07) is 15.0. The van der Waals surface area contributed by atoms with E-state index >= 15 is 0 Å². The van der Waals surface area contributed by atoms with Crippen LogP contribution in [0.15, 0.2) is 47.8 Å². The number of rotatable bonds is 5. The Morgan fingerprint density at radius 2 is 1.89 bits per heavy atom. The van der Waals surface area contributed by atoms with Crippen molar-refractivity contribution >= 4 is 40.4 Å². The summed E-state index contributed by atoms with van der Waals surface area (Å²) in [6.07, 6.45) is 4.53. The predicted molar refractivity (Wildman–Crippen MR) is 113 cm³/mol. The van der Waals surface area contributed by atoms with E-state index in [2.05, 4.69) is 47.4 Å². The van der Waals surface area contributed by atoms with Crippen LogP contribution < -0.4 is 5.73 Å². The van der Waals surface area contributed by atoms with Crippen LogP contribution in [0, 0.1) is 0 Å². The van der Waals surface area contributed by atoms with Gasteiger partial charge in [-0.25, -0.2) is 4.98 Å². The highest BCUT2D eigenvalue weighted by Gasteiger charge is 2.29. The Morgan fingerprint density at radius 3 is 2.63 bits per heavy atom. The first-order valence-corrected chi connectivity index (χ1v) is 10.1. The number of amides is 1. The maximum Gasteiger partial charge on any atom is 0.273 e. The lowest BCUT2D eigenvalue weighted by molar-refractivity contribution is 0.0660. The lowest BCUT2D eigenvalue weighted by atomic mass is 10.0. The fourth-order valence-corrected chi connectivity index (χ4v) is 4.50. The maximum atomic E-state index is 13.2. The van der Waals surface area contributed by atoms with Crippen molar-refractivity contribution in [1.29, 1.82) is 0 Å². The molecule has 0 spiro atoms. The number of aromatic nitrogens is 1. The summed E-state index contributed by atoms with van der Waals surface area (Å²) >= 11 is 1.46. The molecule has 1 fully saturated rings. The Hall–Kier alpha value is -1.95. The first-order valence-electron chi connectivity index (χ1n) is 9.18. The molecule has 0 saturated heterocycles. The molecule has 0 radical (unpaired) electrons. The first-order chi connectivity index (χ1) is 12.8. The van der Waals surface area contributed by atoms with Gasteiger partial charge in [-0.3, -0.25) is 4.79 Å². The molecule has 1 heterocycles. The predicted octanol–water partition coefficient (Wildman–Crippen LogP) is 4.76. The van der Waals surface area contributed by atoms with Crippen molar-refractivity contribution in [2.75, 3.05) is 0 Å². The van der Waals surface area contributed by atoms with E-state index in [0.29, 0.717) is 24.8 Å². The third-order valence-electron chi connectivity index (χ3n) is 5.19. The topological polar surface area (TPSA) is 59.2 Å². The van der Waals surface area contributed by atoms with Gasteiger partial charge in [0.15, 0.2) is 0 Å². The van der Waals surface area contributed by atoms with Crippen LogP contribution in [0.4, 0.5) is 0 Å². The SMILES string of the molecule is Cl.NCc1nc(C(=O)N(Cc2cccc3ccccc23)C2CCCC2)cs1. The lowest BCUT2D eigenvalue weighted by Gasteiger charge is -2.29. The average Bonchev–Trinajstić information content (AvgIpc) is 3.37. The fourth-order valence-electron chi connectivity index (χ4n) is 3.85. The standard InChI is InChI=1S/C21H23N3OS.ClH/c22-12-20-23-19(14-26-20)21(25)24(17-9-2-3-10-17)13-16-8-5-7-15-6-1-4-11-18(15)16;/h1,4-8,11,14,17H,2-3,9-10,12-13,22H2;1H. The van der Waals surface area contributed by atoms with Crippen LogP contribution in [0.1, 0.15) is 46.7 Å². The number of nitrogens with zero attached hydrogens (tertiary/aromatic N) is 2. The molecule has 1 aliphatic carbocycles. The van der Waals surface area contributed by atoms with E-state index in [1.165, 1.54) is 40.5 Å². The molecule has 1 aromatic heterocycles. The maximum absolute atomic E-state index is 13.2. The smallest absolute Gasteiger partial charge is 0.273 e. The van der Waals surface area contributed by atoms with Crippen molar-refractivity contribution in [3.63, 3.8) is 0 Å². The molecule has 4 rings (SSSR count). The zero-order valence-electron chi connectivity index (χ0n) is 15.1. The van der Waals surface area contributed by atoms with Gasteiger partial charge in [-0.15, -0.1) is 23.7 Å². The van der Waals surface area contributed by atoms with Crippen LogP contribution in [0.2, 0.25) is 0 Å². The molecule has 1 aliphatic rings. The van der Waals surface area contributed by atoms with E-state index < -0.39 is 0 Å². The second-order valence-corrected chi connectivity index (χ2v) is 7.78. The summed E-state index contributed by atoms with van der Waals surface area (Å²) < 4.78 is 0. The van der Waals surface area contributed by atoms with Gasteiger partial charge < -0.3 is 10.6 Å². The molecule has 3 aromatic rings. The van der Waals surface area contributed by atoms with Gasteiger partial charge in [0.25, 0.3) is 5.91 Å². The minimum absolute atomic E-state index is 0. The molecule has 142 valence electrons. The van der Waals surface area contributed by atoms with Crippen molar-refractivity contribution in [3.05, 3.63) is 64.1 Å².